The first kappa shape index (κ1) is 20.0. The van der Waals surface area contributed by atoms with Crippen molar-refractivity contribution in [3.8, 4) is 0 Å². The summed E-state index contributed by atoms with van der Waals surface area (Å²) in [6.07, 6.45) is -4.60. The predicted molar refractivity (Wildman–Crippen MR) is 95.8 cm³/mol. The quantitative estimate of drug-likeness (QED) is 0.702. The van der Waals surface area contributed by atoms with Gasteiger partial charge in [0.2, 0.25) is 5.95 Å². The van der Waals surface area contributed by atoms with Gasteiger partial charge in [-0.1, -0.05) is 19.9 Å². The van der Waals surface area contributed by atoms with E-state index in [1.165, 1.54) is 5.56 Å². The van der Waals surface area contributed by atoms with E-state index < -0.39 is 17.9 Å². The maximum atomic E-state index is 13.1. The maximum Gasteiger partial charge on any atom is 0.433 e. The van der Waals surface area contributed by atoms with Crippen LogP contribution in [-0.4, -0.2) is 27.7 Å². The molecule has 1 atom stereocenters. The molecule has 0 aliphatic rings. The molecule has 0 unspecified atom stereocenters. The normalized spacial score (nSPS) is 13.0. The van der Waals surface area contributed by atoms with Crippen LogP contribution in [0, 0.1) is 6.92 Å². The van der Waals surface area contributed by atoms with Crippen molar-refractivity contribution in [3.63, 3.8) is 0 Å². The second-order valence-corrected chi connectivity index (χ2v) is 6.54. The predicted octanol–water partition coefficient (Wildman–Crippen LogP) is 4.46. The van der Waals surface area contributed by atoms with E-state index in [2.05, 4.69) is 34.4 Å². The summed E-state index contributed by atoms with van der Waals surface area (Å²) in [6, 6.07) is 6.01. The van der Waals surface area contributed by atoms with Gasteiger partial charge in [-0.25, -0.2) is 4.98 Å². The molecule has 142 valence electrons. The highest BCUT2D eigenvalue weighted by molar-refractivity contribution is 5.59. The molecule has 1 heterocycles. The van der Waals surface area contributed by atoms with Gasteiger partial charge in [0.15, 0.2) is 5.69 Å². The molecule has 0 aliphatic heterocycles. The van der Waals surface area contributed by atoms with Gasteiger partial charge in [0.05, 0.1) is 6.61 Å². The summed E-state index contributed by atoms with van der Waals surface area (Å²) in [4.78, 5) is 7.56. The van der Waals surface area contributed by atoms with Crippen molar-refractivity contribution in [1.29, 1.82) is 0 Å². The summed E-state index contributed by atoms with van der Waals surface area (Å²) in [5.41, 5.74) is 1.80. The van der Waals surface area contributed by atoms with Gasteiger partial charge in [-0.3, -0.25) is 0 Å². The summed E-state index contributed by atoms with van der Waals surface area (Å²) in [5.74, 6) is 0.187. The maximum absolute atomic E-state index is 13.1. The molecule has 26 heavy (non-hydrogen) atoms. The molecule has 2 aromatic rings. The van der Waals surface area contributed by atoms with Crippen molar-refractivity contribution < 1.29 is 18.3 Å². The average molecular weight is 368 g/mol. The molecule has 5 nitrogen and oxygen atoms in total. The number of aryl methyl sites for hydroxylation is 1. The molecule has 0 amide bonds. The van der Waals surface area contributed by atoms with Crippen molar-refractivity contribution in [2.75, 3.05) is 17.2 Å². The average Bonchev–Trinajstić information content (AvgIpc) is 2.53. The van der Waals surface area contributed by atoms with E-state index in [0.29, 0.717) is 11.6 Å². The number of alkyl halides is 3. The van der Waals surface area contributed by atoms with Crippen LogP contribution >= 0.6 is 0 Å². The number of nitrogens with one attached hydrogen (secondary N) is 2. The van der Waals surface area contributed by atoms with Gasteiger partial charge in [-0.15, -0.1) is 0 Å². The Morgan fingerprint density at radius 1 is 1.12 bits per heavy atom. The van der Waals surface area contributed by atoms with Crippen LogP contribution in [0.25, 0.3) is 0 Å². The highest BCUT2D eigenvalue weighted by Crippen LogP contribution is 2.31. The van der Waals surface area contributed by atoms with Gasteiger partial charge < -0.3 is 15.7 Å². The zero-order valence-electron chi connectivity index (χ0n) is 15.1. The molecule has 0 aliphatic carbocycles. The number of anilines is 3. The fourth-order valence-electron chi connectivity index (χ4n) is 2.54. The number of nitrogens with zero attached hydrogens (tertiary/aromatic N) is 2. The zero-order chi connectivity index (χ0) is 19.5. The smallest absolute Gasteiger partial charge is 0.394 e. The van der Waals surface area contributed by atoms with Gasteiger partial charge >= 0.3 is 6.18 Å². The molecule has 8 heteroatoms. The lowest BCUT2D eigenvalue weighted by molar-refractivity contribution is -0.141. The lowest BCUT2D eigenvalue weighted by Gasteiger charge is -2.16. The van der Waals surface area contributed by atoms with Crippen LogP contribution in [0.15, 0.2) is 24.3 Å². The molecule has 0 fully saturated rings. The number of benzene rings is 1. The summed E-state index contributed by atoms with van der Waals surface area (Å²) in [5, 5.41) is 14.6. The van der Waals surface area contributed by atoms with E-state index in [4.69, 9.17) is 5.11 Å². The molecular formula is C18H23F3N4O. The summed E-state index contributed by atoms with van der Waals surface area (Å²) >= 11 is 0. The number of hydrogen-bond donors (Lipinski definition) is 3. The molecule has 0 radical (unpaired) electrons. The van der Waals surface area contributed by atoms with Crippen molar-refractivity contribution in [1.82, 2.24) is 9.97 Å². The number of hydrogen-bond acceptors (Lipinski definition) is 5. The van der Waals surface area contributed by atoms with E-state index in [-0.39, 0.29) is 18.4 Å². The van der Waals surface area contributed by atoms with E-state index in [0.717, 1.165) is 11.6 Å². The van der Waals surface area contributed by atoms with Gasteiger partial charge in [-0.05, 0) is 43.0 Å². The Labute approximate surface area is 150 Å². The minimum absolute atomic E-state index is 0.0247. The Morgan fingerprint density at radius 2 is 1.81 bits per heavy atom. The van der Waals surface area contributed by atoms with E-state index in [1.807, 2.05) is 19.1 Å². The van der Waals surface area contributed by atoms with Crippen LogP contribution in [0.2, 0.25) is 0 Å². The summed E-state index contributed by atoms with van der Waals surface area (Å²) < 4.78 is 39.3. The molecule has 0 spiro atoms. The largest absolute Gasteiger partial charge is 0.433 e. The third-order valence-electron chi connectivity index (χ3n) is 3.83. The van der Waals surface area contributed by atoms with Crippen LogP contribution in [0.4, 0.5) is 30.6 Å². The number of halogens is 3. The Hall–Kier alpha value is -2.35. The summed E-state index contributed by atoms with van der Waals surface area (Å²) in [7, 11) is 0. The monoisotopic (exact) mass is 368 g/mol. The van der Waals surface area contributed by atoms with E-state index in [9.17, 15) is 13.2 Å². The summed E-state index contributed by atoms with van der Waals surface area (Å²) in [6.45, 7) is 7.48. The molecule has 1 aromatic heterocycles. The number of rotatable bonds is 6. The number of aliphatic hydroxyl groups excluding tert-OH is 1. The zero-order valence-corrected chi connectivity index (χ0v) is 15.1. The molecule has 0 saturated carbocycles. The second-order valence-electron chi connectivity index (χ2n) is 6.54. The fourth-order valence-corrected chi connectivity index (χ4v) is 2.54. The Bertz CT molecular complexity index is 763. The minimum atomic E-state index is -4.60. The van der Waals surface area contributed by atoms with Crippen molar-refractivity contribution in [2.24, 2.45) is 0 Å². The standard InChI is InChI=1S/C18H23F3N4O/c1-10(2)14-6-5-13(7-11(14)3)23-16-8-15(18(19,20)21)24-17(25-16)22-12(4)9-26/h5-8,10,12,26H,9H2,1-4H3,(H2,22,23,24,25)/t12-/m1/s1. The van der Waals surface area contributed by atoms with Crippen LogP contribution < -0.4 is 10.6 Å². The Morgan fingerprint density at radius 3 is 2.35 bits per heavy atom. The van der Waals surface area contributed by atoms with Crippen molar-refractivity contribution in [2.45, 2.75) is 45.8 Å². The van der Waals surface area contributed by atoms with Gasteiger partial charge in [0.25, 0.3) is 0 Å². The van der Waals surface area contributed by atoms with E-state index >= 15 is 0 Å². The van der Waals surface area contributed by atoms with Crippen molar-refractivity contribution >= 4 is 17.5 Å². The molecule has 2 rings (SSSR count). The molecule has 0 bridgehead atoms. The highest BCUT2D eigenvalue weighted by atomic mass is 19.4. The molecule has 0 saturated heterocycles. The molecule has 1 aromatic carbocycles. The van der Waals surface area contributed by atoms with Gasteiger partial charge in [0, 0.05) is 17.8 Å². The van der Waals surface area contributed by atoms with Crippen molar-refractivity contribution in [3.05, 3.63) is 41.1 Å². The van der Waals surface area contributed by atoms with Crippen LogP contribution in [0.5, 0.6) is 0 Å². The van der Waals surface area contributed by atoms with Crippen LogP contribution in [-0.2, 0) is 6.18 Å². The lowest BCUT2D eigenvalue weighted by Crippen LogP contribution is -2.22. The lowest BCUT2D eigenvalue weighted by atomic mass is 9.98. The topological polar surface area (TPSA) is 70.1 Å². The van der Waals surface area contributed by atoms with Gasteiger partial charge in [-0.2, -0.15) is 18.2 Å². The first-order valence-corrected chi connectivity index (χ1v) is 8.31. The Balaban J connectivity index is 2.35. The SMILES string of the molecule is Cc1cc(Nc2cc(C(F)(F)F)nc(N[C@H](C)CO)n2)ccc1C(C)C. The van der Waals surface area contributed by atoms with E-state index in [1.54, 1.807) is 13.0 Å². The van der Waals surface area contributed by atoms with Crippen LogP contribution in [0.1, 0.15) is 43.5 Å². The first-order chi connectivity index (χ1) is 12.1. The minimum Gasteiger partial charge on any atom is -0.394 e. The third-order valence-corrected chi connectivity index (χ3v) is 3.83. The molecule has 3 N–H and O–H groups in total. The molecular weight excluding hydrogens is 345 g/mol. The van der Waals surface area contributed by atoms with Crippen LogP contribution in [0.3, 0.4) is 0 Å². The third kappa shape index (κ3) is 5.08. The number of aromatic nitrogens is 2. The first-order valence-electron chi connectivity index (χ1n) is 8.31. The highest BCUT2D eigenvalue weighted by Gasteiger charge is 2.34. The number of aliphatic hydroxyl groups is 1. The fraction of sp³-hybridized carbons (Fsp3) is 0.444. The second kappa shape index (κ2) is 7.90. The Kier molecular flexibility index (Phi) is 6.07. The van der Waals surface area contributed by atoms with Gasteiger partial charge in [0.1, 0.15) is 5.82 Å².